The maximum atomic E-state index is 12.9. The second kappa shape index (κ2) is 11.1. The first kappa shape index (κ1) is 22.2. The number of hydrogen-bond donors (Lipinski definition) is 1. The largest absolute Gasteiger partial charge is 0.490 e. The lowest BCUT2D eigenvalue weighted by Gasteiger charge is -2.17. The predicted octanol–water partition coefficient (Wildman–Crippen LogP) is 4.06. The van der Waals surface area contributed by atoms with Crippen molar-refractivity contribution in [3.05, 3.63) is 71.5 Å². The van der Waals surface area contributed by atoms with Crippen LogP contribution in [0.1, 0.15) is 42.3 Å². The van der Waals surface area contributed by atoms with Crippen LogP contribution >= 0.6 is 0 Å². The molecule has 0 aliphatic heterocycles. The molecule has 0 spiro atoms. The van der Waals surface area contributed by atoms with Crippen LogP contribution in [0.15, 0.2) is 54.9 Å². The third kappa shape index (κ3) is 5.78. The van der Waals surface area contributed by atoms with Gasteiger partial charge < -0.3 is 19.5 Å². The van der Waals surface area contributed by atoms with Gasteiger partial charge in [0.15, 0.2) is 11.5 Å². The number of rotatable bonds is 11. The lowest BCUT2D eigenvalue weighted by molar-refractivity contribution is 0.0949. The van der Waals surface area contributed by atoms with Crippen LogP contribution in [0.4, 0.5) is 0 Å². The fourth-order valence-corrected chi connectivity index (χ4v) is 3.25. The third-order valence-electron chi connectivity index (χ3n) is 4.62. The molecule has 164 valence electrons. The van der Waals surface area contributed by atoms with E-state index in [1.165, 1.54) is 0 Å². The van der Waals surface area contributed by atoms with Crippen LogP contribution in [0, 0.1) is 0 Å². The van der Waals surface area contributed by atoms with Crippen molar-refractivity contribution in [3.63, 3.8) is 0 Å². The smallest absolute Gasteiger partial charge is 0.251 e. The van der Waals surface area contributed by atoms with Gasteiger partial charge in [-0.25, -0.2) is 0 Å². The predicted molar refractivity (Wildman–Crippen MR) is 119 cm³/mol. The minimum atomic E-state index is -0.209. The van der Waals surface area contributed by atoms with Crippen LogP contribution in [0.5, 0.6) is 17.2 Å². The van der Waals surface area contributed by atoms with E-state index in [0.717, 1.165) is 11.1 Å². The van der Waals surface area contributed by atoms with Gasteiger partial charge in [0.05, 0.1) is 26.4 Å². The minimum absolute atomic E-state index is 0.209. The quantitative estimate of drug-likeness (QED) is 0.503. The van der Waals surface area contributed by atoms with Crippen molar-refractivity contribution in [3.8, 4) is 17.2 Å². The van der Waals surface area contributed by atoms with Crippen LogP contribution < -0.4 is 19.5 Å². The highest BCUT2D eigenvalue weighted by atomic mass is 16.5. The van der Waals surface area contributed by atoms with Crippen molar-refractivity contribution < 1.29 is 19.0 Å². The summed E-state index contributed by atoms with van der Waals surface area (Å²) in [4.78, 5) is 12.9. The SMILES string of the molecule is CCOc1cc(C(=O)NCc2ccccc2Cn2cccn2)cc(OCC)c1OCC. The van der Waals surface area contributed by atoms with Crippen molar-refractivity contribution >= 4 is 5.91 Å². The van der Waals surface area contributed by atoms with E-state index in [4.69, 9.17) is 14.2 Å². The molecule has 1 heterocycles. The number of benzene rings is 2. The Hall–Kier alpha value is -3.48. The first-order chi connectivity index (χ1) is 15.2. The Kier molecular flexibility index (Phi) is 7.92. The zero-order valence-electron chi connectivity index (χ0n) is 18.3. The number of carbonyl (C=O) groups is 1. The summed E-state index contributed by atoms with van der Waals surface area (Å²) in [6.45, 7) is 8.10. The second-order valence-corrected chi connectivity index (χ2v) is 6.76. The van der Waals surface area contributed by atoms with Gasteiger partial charge in [0.1, 0.15) is 0 Å². The molecule has 0 aliphatic carbocycles. The Morgan fingerprint density at radius 3 is 2.16 bits per heavy atom. The zero-order chi connectivity index (χ0) is 22.1. The topological polar surface area (TPSA) is 74.6 Å². The van der Waals surface area contributed by atoms with Crippen LogP contribution in [0.3, 0.4) is 0 Å². The van der Waals surface area contributed by atoms with Gasteiger partial charge in [-0.3, -0.25) is 9.48 Å². The lowest BCUT2D eigenvalue weighted by Crippen LogP contribution is -2.24. The number of hydrogen-bond acceptors (Lipinski definition) is 5. The minimum Gasteiger partial charge on any atom is -0.490 e. The van der Waals surface area contributed by atoms with E-state index in [1.54, 1.807) is 18.3 Å². The molecule has 7 nitrogen and oxygen atoms in total. The van der Waals surface area contributed by atoms with Crippen LogP contribution in [0.2, 0.25) is 0 Å². The van der Waals surface area contributed by atoms with E-state index in [1.807, 2.05) is 62.0 Å². The van der Waals surface area contributed by atoms with E-state index in [0.29, 0.717) is 55.7 Å². The molecular formula is C24H29N3O4. The average Bonchev–Trinajstić information content (AvgIpc) is 3.28. The van der Waals surface area contributed by atoms with Gasteiger partial charge in [-0.15, -0.1) is 0 Å². The Morgan fingerprint density at radius 2 is 1.58 bits per heavy atom. The number of carbonyl (C=O) groups excluding carboxylic acids is 1. The molecule has 1 amide bonds. The molecule has 31 heavy (non-hydrogen) atoms. The summed E-state index contributed by atoms with van der Waals surface area (Å²) in [5, 5.41) is 7.27. The first-order valence-corrected chi connectivity index (χ1v) is 10.5. The van der Waals surface area contributed by atoms with Gasteiger partial charge in [-0.2, -0.15) is 5.10 Å². The highest BCUT2D eigenvalue weighted by Crippen LogP contribution is 2.39. The molecule has 1 N–H and O–H groups in total. The van der Waals surface area contributed by atoms with E-state index >= 15 is 0 Å². The molecule has 0 radical (unpaired) electrons. The first-order valence-electron chi connectivity index (χ1n) is 10.5. The fraction of sp³-hybridized carbons (Fsp3) is 0.333. The highest BCUT2D eigenvalue weighted by molar-refractivity contribution is 5.95. The molecule has 2 aromatic carbocycles. The van der Waals surface area contributed by atoms with Gasteiger partial charge in [0.2, 0.25) is 5.75 Å². The van der Waals surface area contributed by atoms with E-state index < -0.39 is 0 Å². The summed E-state index contributed by atoms with van der Waals surface area (Å²) < 4.78 is 19.0. The molecule has 1 aromatic heterocycles. The maximum absolute atomic E-state index is 12.9. The lowest BCUT2D eigenvalue weighted by atomic mass is 10.1. The van der Waals surface area contributed by atoms with Gasteiger partial charge in [-0.05, 0) is 50.1 Å². The molecule has 0 fully saturated rings. The molecule has 0 bridgehead atoms. The van der Waals surface area contributed by atoms with Crippen molar-refractivity contribution in [1.29, 1.82) is 0 Å². The van der Waals surface area contributed by atoms with Gasteiger partial charge in [0, 0.05) is 24.5 Å². The van der Waals surface area contributed by atoms with Crippen LogP contribution in [-0.4, -0.2) is 35.5 Å². The Labute approximate surface area is 182 Å². The monoisotopic (exact) mass is 423 g/mol. The van der Waals surface area contributed by atoms with E-state index in [9.17, 15) is 4.79 Å². The molecule has 7 heteroatoms. The standard InChI is InChI=1S/C24H29N3O4/c1-4-29-21-14-20(15-22(30-5-2)23(21)31-6-3)24(28)25-16-18-10-7-8-11-19(18)17-27-13-9-12-26-27/h7-15H,4-6,16-17H2,1-3H3,(H,25,28). The maximum Gasteiger partial charge on any atom is 0.251 e. The zero-order valence-corrected chi connectivity index (χ0v) is 18.3. The molecule has 0 saturated heterocycles. The molecule has 0 atom stereocenters. The molecular weight excluding hydrogens is 394 g/mol. The normalized spacial score (nSPS) is 10.5. The molecule has 0 saturated carbocycles. The highest BCUT2D eigenvalue weighted by Gasteiger charge is 2.18. The number of amides is 1. The molecule has 0 unspecified atom stereocenters. The summed E-state index contributed by atoms with van der Waals surface area (Å²) in [5.74, 6) is 1.31. The summed E-state index contributed by atoms with van der Waals surface area (Å²) in [6, 6.07) is 13.3. The Morgan fingerprint density at radius 1 is 0.935 bits per heavy atom. The van der Waals surface area contributed by atoms with Crippen molar-refractivity contribution in [2.24, 2.45) is 0 Å². The number of nitrogens with zero attached hydrogens (tertiary/aromatic N) is 2. The van der Waals surface area contributed by atoms with Crippen molar-refractivity contribution in [1.82, 2.24) is 15.1 Å². The van der Waals surface area contributed by atoms with Crippen molar-refractivity contribution in [2.45, 2.75) is 33.9 Å². The summed E-state index contributed by atoms with van der Waals surface area (Å²) in [6.07, 6.45) is 3.67. The Balaban J connectivity index is 1.79. The molecule has 0 aliphatic rings. The Bertz CT molecular complexity index is 959. The number of nitrogens with one attached hydrogen (secondary N) is 1. The van der Waals surface area contributed by atoms with Crippen LogP contribution in [0.25, 0.3) is 0 Å². The average molecular weight is 424 g/mol. The van der Waals surface area contributed by atoms with E-state index in [-0.39, 0.29) is 5.91 Å². The van der Waals surface area contributed by atoms with Gasteiger partial charge in [-0.1, -0.05) is 24.3 Å². The summed E-state index contributed by atoms with van der Waals surface area (Å²) in [7, 11) is 0. The summed E-state index contributed by atoms with van der Waals surface area (Å²) in [5.41, 5.74) is 2.59. The van der Waals surface area contributed by atoms with Gasteiger partial charge in [0.25, 0.3) is 5.91 Å². The third-order valence-corrected chi connectivity index (χ3v) is 4.62. The molecule has 3 rings (SSSR count). The van der Waals surface area contributed by atoms with Crippen LogP contribution in [-0.2, 0) is 13.1 Å². The van der Waals surface area contributed by atoms with E-state index in [2.05, 4.69) is 10.4 Å². The van der Waals surface area contributed by atoms with Crippen molar-refractivity contribution in [2.75, 3.05) is 19.8 Å². The molecule has 3 aromatic rings. The fourth-order valence-electron chi connectivity index (χ4n) is 3.25. The van der Waals surface area contributed by atoms with Gasteiger partial charge >= 0.3 is 0 Å². The number of aromatic nitrogens is 2. The number of ether oxygens (including phenoxy) is 3. The second-order valence-electron chi connectivity index (χ2n) is 6.76. The summed E-state index contributed by atoms with van der Waals surface area (Å²) >= 11 is 0.